The molecule has 3 rings (SSSR count). The number of fused-ring (bicyclic) bond motifs is 1. The Morgan fingerprint density at radius 3 is 2.60 bits per heavy atom. The van der Waals surface area contributed by atoms with Crippen molar-refractivity contribution in [2.75, 3.05) is 17.7 Å². The minimum Gasteiger partial charge on any atom is -0.461 e. The van der Waals surface area contributed by atoms with Crippen LogP contribution in [-0.2, 0) is 30.2 Å². The lowest BCUT2D eigenvalue weighted by molar-refractivity contribution is -0.113. The van der Waals surface area contributed by atoms with Gasteiger partial charge in [-0.05, 0) is 13.8 Å². The topological polar surface area (TPSA) is 130 Å². The van der Waals surface area contributed by atoms with E-state index in [0.717, 1.165) is 27.7 Å². The highest BCUT2D eigenvalue weighted by molar-refractivity contribution is 7.99. The zero-order valence-electron chi connectivity index (χ0n) is 16.8. The molecule has 0 bridgehead atoms. The van der Waals surface area contributed by atoms with E-state index in [1.54, 1.807) is 18.5 Å². The first kappa shape index (κ1) is 21.8. The Labute approximate surface area is 178 Å². The summed E-state index contributed by atoms with van der Waals surface area (Å²) < 4.78 is 8.88. The summed E-state index contributed by atoms with van der Waals surface area (Å²) in [6, 6.07) is 0. The SMILES string of the molecule is CCOC(=O)c1csc(NC(=O)CSc2nc3c(c(=O)n(C)c(=O)n3C)n2CC)n1. The molecule has 3 aromatic heterocycles. The molecule has 0 fully saturated rings. The summed E-state index contributed by atoms with van der Waals surface area (Å²) in [5, 5.41) is 4.86. The number of esters is 1. The van der Waals surface area contributed by atoms with E-state index in [2.05, 4.69) is 15.3 Å². The smallest absolute Gasteiger partial charge is 0.357 e. The predicted molar refractivity (Wildman–Crippen MR) is 113 cm³/mol. The summed E-state index contributed by atoms with van der Waals surface area (Å²) in [6.07, 6.45) is 0. The molecule has 0 unspecified atom stereocenters. The third kappa shape index (κ3) is 4.03. The number of thiazole rings is 1. The molecule has 13 heteroatoms. The van der Waals surface area contributed by atoms with E-state index in [0.29, 0.717) is 17.2 Å². The van der Waals surface area contributed by atoms with Gasteiger partial charge in [-0.3, -0.25) is 18.7 Å². The van der Waals surface area contributed by atoms with Gasteiger partial charge in [-0.2, -0.15) is 0 Å². The maximum Gasteiger partial charge on any atom is 0.357 e. The molecule has 0 saturated carbocycles. The third-order valence-electron chi connectivity index (χ3n) is 4.20. The van der Waals surface area contributed by atoms with Crippen molar-refractivity contribution in [3.63, 3.8) is 0 Å². The number of imidazole rings is 1. The number of ether oxygens (including phenoxy) is 1. The van der Waals surface area contributed by atoms with E-state index >= 15 is 0 Å². The van der Waals surface area contributed by atoms with Crippen LogP contribution in [0.1, 0.15) is 24.3 Å². The van der Waals surface area contributed by atoms with Crippen LogP contribution in [0.3, 0.4) is 0 Å². The molecule has 3 heterocycles. The molecule has 0 aliphatic carbocycles. The van der Waals surface area contributed by atoms with Crippen LogP contribution in [0.5, 0.6) is 0 Å². The number of amides is 1. The van der Waals surface area contributed by atoms with E-state index in [1.807, 2.05) is 6.92 Å². The Balaban J connectivity index is 1.77. The van der Waals surface area contributed by atoms with Crippen LogP contribution in [0.2, 0.25) is 0 Å². The second-order valence-corrected chi connectivity index (χ2v) is 7.91. The van der Waals surface area contributed by atoms with Gasteiger partial charge in [-0.1, -0.05) is 11.8 Å². The quantitative estimate of drug-likeness (QED) is 0.412. The number of hydrogen-bond donors (Lipinski definition) is 1. The van der Waals surface area contributed by atoms with Gasteiger partial charge in [-0.15, -0.1) is 11.3 Å². The number of anilines is 1. The third-order valence-corrected chi connectivity index (χ3v) is 5.93. The fourth-order valence-corrected chi connectivity index (χ4v) is 4.30. The molecular weight excluding hydrogens is 432 g/mol. The number of rotatable bonds is 7. The Hall–Kier alpha value is -2.93. The highest BCUT2D eigenvalue weighted by atomic mass is 32.2. The van der Waals surface area contributed by atoms with Crippen LogP contribution in [0, 0.1) is 0 Å². The first-order chi connectivity index (χ1) is 14.3. The first-order valence-electron chi connectivity index (χ1n) is 9.00. The van der Waals surface area contributed by atoms with Crippen LogP contribution in [0.25, 0.3) is 11.2 Å². The standard InChI is InChI=1S/C17H20N6O5S2/c1-5-23-11-12(21(3)17(27)22(4)13(11)25)20-16(23)30-8-10(24)19-15-18-9(7-29-15)14(26)28-6-2/h7H,5-6,8H2,1-4H3,(H,18,19,24). The Morgan fingerprint density at radius 2 is 1.93 bits per heavy atom. The number of aromatic nitrogens is 5. The average molecular weight is 453 g/mol. The molecule has 30 heavy (non-hydrogen) atoms. The molecule has 160 valence electrons. The maximum atomic E-state index is 12.5. The van der Waals surface area contributed by atoms with Crippen molar-refractivity contribution in [3.05, 3.63) is 31.9 Å². The van der Waals surface area contributed by atoms with E-state index < -0.39 is 17.2 Å². The molecule has 0 aliphatic rings. The van der Waals surface area contributed by atoms with Crippen molar-refractivity contribution in [2.45, 2.75) is 25.5 Å². The Bertz CT molecular complexity index is 1240. The molecule has 3 aromatic rings. The van der Waals surface area contributed by atoms with E-state index in [9.17, 15) is 19.2 Å². The van der Waals surface area contributed by atoms with Crippen LogP contribution in [-0.4, -0.2) is 47.9 Å². The first-order valence-corrected chi connectivity index (χ1v) is 10.9. The van der Waals surface area contributed by atoms with Crippen molar-refractivity contribution >= 4 is 51.3 Å². The molecule has 1 N–H and O–H groups in total. The van der Waals surface area contributed by atoms with Gasteiger partial charge in [0.25, 0.3) is 5.56 Å². The summed E-state index contributed by atoms with van der Waals surface area (Å²) in [5.41, 5.74) is -0.193. The van der Waals surface area contributed by atoms with E-state index in [-0.39, 0.29) is 34.7 Å². The molecule has 0 aromatic carbocycles. The van der Waals surface area contributed by atoms with Crippen LogP contribution in [0.15, 0.2) is 20.1 Å². The van der Waals surface area contributed by atoms with Crippen molar-refractivity contribution in [3.8, 4) is 0 Å². The lowest BCUT2D eigenvalue weighted by Crippen LogP contribution is -2.37. The summed E-state index contributed by atoms with van der Waals surface area (Å²) in [6.45, 7) is 4.23. The molecule has 0 saturated heterocycles. The highest BCUT2D eigenvalue weighted by Gasteiger charge is 2.20. The number of hydrogen-bond acceptors (Lipinski definition) is 9. The minimum absolute atomic E-state index is 0.00586. The van der Waals surface area contributed by atoms with Gasteiger partial charge < -0.3 is 14.6 Å². The highest BCUT2D eigenvalue weighted by Crippen LogP contribution is 2.22. The van der Waals surface area contributed by atoms with Gasteiger partial charge in [-0.25, -0.2) is 19.6 Å². The van der Waals surface area contributed by atoms with Crippen LogP contribution < -0.4 is 16.6 Å². The maximum absolute atomic E-state index is 12.5. The molecule has 0 radical (unpaired) electrons. The van der Waals surface area contributed by atoms with Gasteiger partial charge in [0.05, 0.1) is 12.4 Å². The largest absolute Gasteiger partial charge is 0.461 e. The number of thioether (sulfide) groups is 1. The van der Waals surface area contributed by atoms with Gasteiger partial charge in [0.1, 0.15) is 0 Å². The van der Waals surface area contributed by atoms with Crippen LogP contribution >= 0.6 is 23.1 Å². The molecule has 11 nitrogen and oxygen atoms in total. The van der Waals surface area contributed by atoms with Gasteiger partial charge in [0.15, 0.2) is 27.1 Å². The zero-order chi connectivity index (χ0) is 22.0. The number of carbonyl (C=O) groups is 2. The lowest BCUT2D eigenvalue weighted by Gasteiger charge is -2.06. The van der Waals surface area contributed by atoms with Crippen molar-refractivity contribution in [1.29, 1.82) is 0 Å². The Morgan fingerprint density at radius 1 is 1.20 bits per heavy atom. The number of nitrogens with one attached hydrogen (secondary N) is 1. The summed E-state index contributed by atoms with van der Waals surface area (Å²) >= 11 is 2.25. The van der Waals surface area contributed by atoms with Gasteiger partial charge in [0.2, 0.25) is 5.91 Å². The summed E-state index contributed by atoms with van der Waals surface area (Å²) in [7, 11) is 2.96. The normalized spacial score (nSPS) is 11.1. The summed E-state index contributed by atoms with van der Waals surface area (Å²) in [5.74, 6) is -0.889. The second-order valence-electron chi connectivity index (χ2n) is 6.11. The molecule has 0 spiro atoms. The van der Waals surface area contributed by atoms with Gasteiger partial charge >= 0.3 is 11.7 Å². The molecule has 1 amide bonds. The Kier molecular flexibility index (Phi) is 6.41. The molecular formula is C17H20N6O5S2. The van der Waals surface area contributed by atoms with Gasteiger partial charge in [0, 0.05) is 26.0 Å². The number of aryl methyl sites for hydroxylation is 2. The second kappa shape index (κ2) is 8.83. The minimum atomic E-state index is -0.549. The fourth-order valence-electron chi connectivity index (χ4n) is 2.75. The summed E-state index contributed by atoms with van der Waals surface area (Å²) in [4.78, 5) is 57.1. The van der Waals surface area contributed by atoms with Crippen molar-refractivity contribution < 1.29 is 14.3 Å². The monoisotopic (exact) mass is 452 g/mol. The van der Waals surface area contributed by atoms with E-state index in [1.165, 1.54) is 17.0 Å². The van der Waals surface area contributed by atoms with Crippen molar-refractivity contribution in [1.82, 2.24) is 23.7 Å². The number of nitrogens with zero attached hydrogens (tertiary/aromatic N) is 5. The predicted octanol–water partition coefficient (Wildman–Crippen LogP) is 0.818. The zero-order valence-corrected chi connectivity index (χ0v) is 18.4. The van der Waals surface area contributed by atoms with Crippen LogP contribution in [0.4, 0.5) is 5.13 Å². The molecule has 0 atom stereocenters. The van der Waals surface area contributed by atoms with E-state index in [4.69, 9.17) is 4.74 Å². The lowest BCUT2D eigenvalue weighted by atomic mass is 10.5. The fraction of sp³-hybridized carbons (Fsp3) is 0.412. The molecule has 0 aliphatic heterocycles. The number of carbonyl (C=O) groups excluding carboxylic acids is 2. The van der Waals surface area contributed by atoms with Crippen molar-refractivity contribution in [2.24, 2.45) is 14.1 Å². The average Bonchev–Trinajstić information content (AvgIpc) is 3.33.